The molecule has 0 N–H and O–H groups in total. The zero-order valence-corrected chi connectivity index (χ0v) is 17.7. The minimum atomic E-state index is -3.85. The summed E-state index contributed by atoms with van der Waals surface area (Å²) in [5.41, 5.74) is 0.781. The Morgan fingerprint density at radius 3 is 2.23 bits per heavy atom. The van der Waals surface area contributed by atoms with Gasteiger partial charge in [0.05, 0.1) is 10.7 Å². The van der Waals surface area contributed by atoms with Gasteiger partial charge < -0.3 is 4.90 Å². The number of halogens is 4. The van der Waals surface area contributed by atoms with Crippen LogP contribution >= 0.6 is 22.9 Å². The molecule has 0 amide bonds. The Balaban J connectivity index is 1.48. The van der Waals surface area contributed by atoms with Crippen LogP contribution in [-0.4, -0.2) is 43.9 Å². The lowest BCUT2D eigenvalue weighted by Crippen LogP contribution is -2.48. The van der Waals surface area contributed by atoms with Crippen molar-refractivity contribution in [3.8, 4) is 11.3 Å². The van der Waals surface area contributed by atoms with Gasteiger partial charge in [-0.2, -0.15) is 4.31 Å². The van der Waals surface area contributed by atoms with Gasteiger partial charge in [0.15, 0.2) is 5.13 Å². The third-order valence-corrected chi connectivity index (χ3v) is 7.95. The van der Waals surface area contributed by atoms with Gasteiger partial charge in [-0.3, -0.25) is 0 Å². The van der Waals surface area contributed by atoms with Crippen LogP contribution in [0.4, 0.5) is 18.3 Å². The van der Waals surface area contributed by atoms with E-state index >= 15 is 0 Å². The SMILES string of the molecule is O=S(=O)(c1ccc(F)cc1Cl)N1CCN(c2nc(-c3cc(F)cc(F)c3)cs2)CC1. The molecule has 0 radical (unpaired) electrons. The van der Waals surface area contributed by atoms with Gasteiger partial charge in [0, 0.05) is 43.2 Å². The lowest BCUT2D eigenvalue weighted by Gasteiger charge is -2.33. The third-order valence-electron chi connectivity index (χ3n) is 4.67. The monoisotopic (exact) mass is 473 g/mol. The lowest BCUT2D eigenvalue weighted by molar-refractivity contribution is 0.384. The standard InChI is InChI=1S/C19H15ClF3N3O2S2/c20-16-10-13(21)1-2-18(16)30(27,28)26-5-3-25(4-6-26)19-24-17(11-29-19)12-7-14(22)9-15(23)8-12/h1-2,7-11H,3-6H2. The first-order valence-electron chi connectivity index (χ1n) is 8.86. The Bertz CT molecular complexity index is 1180. The molecule has 1 aliphatic rings. The fourth-order valence-electron chi connectivity index (χ4n) is 3.19. The van der Waals surface area contributed by atoms with E-state index in [1.807, 2.05) is 4.90 Å². The molecule has 0 aliphatic carbocycles. The van der Waals surface area contributed by atoms with E-state index in [2.05, 4.69) is 4.98 Å². The number of aromatic nitrogens is 1. The van der Waals surface area contributed by atoms with Gasteiger partial charge in [-0.1, -0.05) is 11.6 Å². The molecule has 2 heterocycles. The third kappa shape index (κ3) is 4.18. The van der Waals surface area contributed by atoms with E-state index in [0.29, 0.717) is 29.5 Å². The van der Waals surface area contributed by atoms with Gasteiger partial charge in [0.1, 0.15) is 22.3 Å². The average Bonchev–Trinajstić information content (AvgIpc) is 3.17. The molecule has 5 nitrogen and oxygen atoms in total. The number of sulfonamides is 1. The molecule has 1 aliphatic heterocycles. The molecule has 0 saturated carbocycles. The topological polar surface area (TPSA) is 53.5 Å². The minimum absolute atomic E-state index is 0.135. The predicted octanol–water partition coefficient (Wildman–Crippen LogP) is 4.39. The highest BCUT2D eigenvalue weighted by Gasteiger charge is 2.31. The number of hydrogen-bond donors (Lipinski definition) is 0. The van der Waals surface area contributed by atoms with Crippen LogP contribution in [0.1, 0.15) is 0 Å². The van der Waals surface area contributed by atoms with Crippen LogP contribution in [0.15, 0.2) is 46.7 Å². The fourth-order valence-corrected chi connectivity index (χ4v) is 6.00. The summed E-state index contributed by atoms with van der Waals surface area (Å²) in [6.45, 7) is 1.14. The van der Waals surface area contributed by atoms with E-state index < -0.39 is 27.5 Å². The van der Waals surface area contributed by atoms with Crippen molar-refractivity contribution in [3.05, 3.63) is 64.3 Å². The van der Waals surface area contributed by atoms with Crippen molar-refractivity contribution >= 4 is 38.1 Å². The summed E-state index contributed by atoms with van der Waals surface area (Å²) in [6, 6.07) is 6.39. The second-order valence-electron chi connectivity index (χ2n) is 6.64. The molecule has 11 heteroatoms. The molecule has 0 atom stereocenters. The molecule has 158 valence electrons. The first kappa shape index (κ1) is 21.1. The van der Waals surface area contributed by atoms with Crippen molar-refractivity contribution in [2.45, 2.75) is 4.90 Å². The normalized spacial score (nSPS) is 15.5. The largest absolute Gasteiger partial charge is 0.345 e. The highest BCUT2D eigenvalue weighted by Crippen LogP contribution is 2.31. The first-order chi connectivity index (χ1) is 14.2. The summed E-state index contributed by atoms with van der Waals surface area (Å²) < 4.78 is 67.1. The maximum absolute atomic E-state index is 13.5. The van der Waals surface area contributed by atoms with Crippen LogP contribution in [-0.2, 0) is 10.0 Å². The lowest BCUT2D eigenvalue weighted by atomic mass is 10.1. The molecule has 4 rings (SSSR count). The summed E-state index contributed by atoms with van der Waals surface area (Å²) in [7, 11) is -3.85. The van der Waals surface area contributed by atoms with Gasteiger partial charge in [-0.05, 0) is 30.3 Å². The Morgan fingerprint density at radius 1 is 0.933 bits per heavy atom. The predicted molar refractivity (Wildman–Crippen MR) is 110 cm³/mol. The van der Waals surface area contributed by atoms with Gasteiger partial charge >= 0.3 is 0 Å². The van der Waals surface area contributed by atoms with Crippen molar-refractivity contribution in [1.82, 2.24) is 9.29 Å². The van der Waals surface area contributed by atoms with Crippen LogP contribution in [0, 0.1) is 17.5 Å². The maximum Gasteiger partial charge on any atom is 0.244 e. The van der Waals surface area contributed by atoms with E-state index in [0.717, 1.165) is 24.3 Å². The van der Waals surface area contributed by atoms with Crippen LogP contribution in [0.25, 0.3) is 11.3 Å². The van der Waals surface area contributed by atoms with Crippen LogP contribution in [0.3, 0.4) is 0 Å². The number of anilines is 1. The minimum Gasteiger partial charge on any atom is -0.345 e. The van der Waals surface area contributed by atoms with Crippen molar-refractivity contribution in [2.24, 2.45) is 0 Å². The van der Waals surface area contributed by atoms with Crippen LogP contribution in [0.5, 0.6) is 0 Å². The Kier molecular flexibility index (Phi) is 5.75. The van der Waals surface area contributed by atoms with Crippen LogP contribution in [0.2, 0.25) is 5.02 Å². The molecule has 2 aromatic carbocycles. The van der Waals surface area contributed by atoms with Gasteiger partial charge in [-0.15, -0.1) is 11.3 Å². The molecule has 0 spiro atoms. The quantitative estimate of drug-likeness (QED) is 0.564. The number of thiazole rings is 1. The van der Waals surface area contributed by atoms with Gasteiger partial charge in [-0.25, -0.2) is 26.6 Å². The molecular weight excluding hydrogens is 459 g/mol. The molecule has 1 fully saturated rings. The fraction of sp³-hybridized carbons (Fsp3) is 0.211. The van der Waals surface area contributed by atoms with E-state index in [1.165, 1.54) is 27.8 Å². The molecular formula is C19H15ClF3N3O2S2. The summed E-state index contributed by atoms with van der Waals surface area (Å²) >= 11 is 7.23. The van der Waals surface area contributed by atoms with E-state index in [4.69, 9.17) is 11.6 Å². The zero-order chi connectivity index (χ0) is 21.5. The number of rotatable bonds is 4. The summed E-state index contributed by atoms with van der Waals surface area (Å²) in [4.78, 5) is 6.21. The van der Waals surface area contributed by atoms with E-state index in [-0.39, 0.29) is 23.0 Å². The van der Waals surface area contributed by atoms with Crippen molar-refractivity contribution < 1.29 is 21.6 Å². The summed E-state index contributed by atoms with van der Waals surface area (Å²) in [5.74, 6) is -1.97. The molecule has 1 saturated heterocycles. The molecule has 0 bridgehead atoms. The zero-order valence-electron chi connectivity index (χ0n) is 15.4. The van der Waals surface area contributed by atoms with Crippen molar-refractivity contribution in [1.29, 1.82) is 0 Å². The van der Waals surface area contributed by atoms with Crippen molar-refractivity contribution in [3.63, 3.8) is 0 Å². The number of hydrogen-bond acceptors (Lipinski definition) is 5. The number of benzene rings is 2. The first-order valence-corrected chi connectivity index (χ1v) is 11.6. The second-order valence-corrected chi connectivity index (χ2v) is 9.79. The highest BCUT2D eigenvalue weighted by molar-refractivity contribution is 7.89. The molecule has 1 aromatic heterocycles. The maximum atomic E-state index is 13.5. The smallest absolute Gasteiger partial charge is 0.244 e. The van der Waals surface area contributed by atoms with Gasteiger partial charge in [0.25, 0.3) is 0 Å². The number of piperazine rings is 1. The summed E-state index contributed by atoms with van der Waals surface area (Å²) in [6.07, 6.45) is 0. The number of nitrogens with zero attached hydrogens (tertiary/aromatic N) is 3. The second kappa shape index (κ2) is 8.18. The Hall–Kier alpha value is -2.14. The van der Waals surface area contributed by atoms with Crippen molar-refractivity contribution in [2.75, 3.05) is 31.1 Å². The van der Waals surface area contributed by atoms with Crippen LogP contribution < -0.4 is 4.90 Å². The van der Waals surface area contributed by atoms with Gasteiger partial charge in [0.2, 0.25) is 10.0 Å². The average molecular weight is 474 g/mol. The Labute approximate surface area is 180 Å². The molecule has 30 heavy (non-hydrogen) atoms. The molecule has 0 unspecified atom stereocenters. The van der Waals surface area contributed by atoms with E-state index in [9.17, 15) is 21.6 Å². The molecule has 3 aromatic rings. The highest BCUT2D eigenvalue weighted by atomic mass is 35.5. The Morgan fingerprint density at radius 2 is 1.60 bits per heavy atom. The summed E-state index contributed by atoms with van der Waals surface area (Å²) in [5, 5.41) is 2.17. The van der Waals surface area contributed by atoms with E-state index in [1.54, 1.807) is 5.38 Å².